The van der Waals surface area contributed by atoms with Crippen molar-refractivity contribution in [2.45, 2.75) is 19.4 Å². The van der Waals surface area contributed by atoms with E-state index in [0.29, 0.717) is 17.9 Å². The first-order valence-electron chi connectivity index (χ1n) is 8.86. The van der Waals surface area contributed by atoms with Crippen LogP contribution in [-0.4, -0.2) is 25.1 Å². The predicted molar refractivity (Wildman–Crippen MR) is 110 cm³/mol. The molecule has 0 saturated heterocycles. The molecule has 5 nitrogen and oxygen atoms in total. The van der Waals surface area contributed by atoms with Gasteiger partial charge in [-0.05, 0) is 47.5 Å². The van der Waals surface area contributed by atoms with Crippen LogP contribution < -0.4 is 10.1 Å². The lowest BCUT2D eigenvalue weighted by atomic mass is 10.1. The van der Waals surface area contributed by atoms with Gasteiger partial charge < -0.3 is 14.8 Å². The monoisotopic (exact) mass is 397 g/mol. The molecule has 0 radical (unpaired) electrons. The molecule has 1 N–H and O–H groups in total. The average Bonchev–Trinajstić information content (AvgIpc) is 2.72. The molecular weight excluding hydrogens is 378 g/mol. The van der Waals surface area contributed by atoms with Gasteiger partial charge in [-0.15, -0.1) is 0 Å². The van der Waals surface area contributed by atoms with E-state index < -0.39 is 12.1 Å². The Morgan fingerprint density at radius 1 is 1.04 bits per heavy atom. The quantitative estimate of drug-likeness (QED) is 0.589. The Kier molecular flexibility index (Phi) is 6.16. The standard InChI is InChI=1S/C22H20ClNO4/c1-3-20(28-17-10-8-14-6-4-5-7-15(14)12-17)21(25)24-16-9-11-19(23)18(13-16)22(26)27-2/h4-13,20H,3H2,1-2H3,(H,24,25)/t20-/m1/s1. The maximum Gasteiger partial charge on any atom is 0.339 e. The summed E-state index contributed by atoms with van der Waals surface area (Å²) in [7, 11) is 1.27. The van der Waals surface area contributed by atoms with E-state index in [1.165, 1.54) is 19.2 Å². The van der Waals surface area contributed by atoms with Crippen molar-refractivity contribution in [3.05, 3.63) is 71.2 Å². The zero-order valence-corrected chi connectivity index (χ0v) is 16.3. The van der Waals surface area contributed by atoms with Crippen molar-refractivity contribution in [1.29, 1.82) is 0 Å². The lowest BCUT2D eigenvalue weighted by molar-refractivity contribution is -0.122. The number of hydrogen-bond donors (Lipinski definition) is 1. The fourth-order valence-electron chi connectivity index (χ4n) is 2.82. The molecule has 1 atom stereocenters. The molecule has 0 saturated carbocycles. The van der Waals surface area contributed by atoms with Gasteiger partial charge in [0.2, 0.25) is 0 Å². The minimum absolute atomic E-state index is 0.186. The van der Waals surface area contributed by atoms with E-state index in [0.717, 1.165) is 10.8 Å². The van der Waals surface area contributed by atoms with Gasteiger partial charge in [-0.25, -0.2) is 4.79 Å². The van der Waals surface area contributed by atoms with Gasteiger partial charge >= 0.3 is 5.97 Å². The van der Waals surface area contributed by atoms with Crippen LogP contribution >= 0.6 is 11.6 Å². The van der Waals surface area contributed by atoms with E-state index in [1.54, 1.807) is 6.07 Å². The maximum absolute atomic E-state index is 12.7. The highest BCUT2D eigenvalue weighted by Gasteiger charge is 2.20. The summed E-state index contributed by atoms with van der Waals surface area (Å²) in [5.74, 6) is -0.263. The summed E-state index contributed by atoms with van der Waals surface area (Å²) in [6.07, 6.45) is -0.200. The zero-order chi connectivity index (χ0) is 20.1. The first-order valence-corrected chi connectivity index (χ1v) is 9.23. The van der Waals surface area contributed by atoms with Crippen LogP contribution in [0, 0.1) is 0 Å². The second-order valence-electron chi connectivity index (χ2n) is 6.20. The summed E-state index contributed by atoms with van der Waals surface area (Å²) in [6.45, 7) is 1.87. The first kappa shape index (κ1) is 19.7. The van der Waals surface area contributed by atoms with Crippen LogP contribution in [0.4, 0.5) is 5.69 Å². The number of carbonyl (C=O) groups excluding carboxylic acids is 2. The molecule has 0 bridgehead atoms. The van der Waals surface area contributed by atoms with Gasteiger partial charge in [0.25, 0.3) is 5.91 Å². The Morgan fingerprint density at radius 2 is 1.79 bits per heavy atom. The topological polar surface area (TPSA) is 64.6 Å². The van der Waals surface area contributed by atoms with Crippen LogP contribution in [0.3, 0.4) is 0 Å². The first-order chi connectivity index (χ1) is 13.5. The third-order valence-corrected chi connectivity index (χ3v) is 4.63. The number of ether oxygens (including phenoxy) is 2. The molecular formula is C22H20ClNO4. The molecule has 0 spiro atoms. The van der Waals surface area contributed by atoms with Gasteiger partial charge in [-0.3, -0.25) is 4.79 Å². The summed E-state index contributed by atoms with van der Waals surface area (Å²) in [6, 6.07) is 18.3. The van der Waals surface area contributed by atoms with Gasteiger partial charge in [0.05, 0.1) is 17.7 Å². The van der Waals surface area contributed by atoms with Crippen LogP contribution in [0.15, 0.2) is 60.7 Å². The highest BCUT2D eigenvalue weighted by Crippen LogP contribution is 2.24. The lowest BCUT2D eigenvalue weighted by Crippen LogP contribution is -2.32. The van der Waals surface area contributed by atoms with Crippen LogP contribution in [-0.2, 0) is 9.53 Å². The second-order valence-corrected chi connectivity index (χ2v) is 6.61. The van der Waals surface area contributed by atoms with Crippen LogP contribution in [0.1, 0.15) is 23.7 Å². The fourth-order valence-corrected chi connectivity index (χ4v) is 3.01. The number of amides is 1. The molecule has 1 amide bonds. The van der Waals surface area contributed by atoms with Gasteiger partial charge in [-0.2, -0.15) is 0 Å². The van der Waals surface area contributed by atoms with Crippen molar-refractivity contribution < 1.29 is 19.1 Å². The molecule has 144 valence electrons. The van der Waals surface area contributed by atoms with Crippen LogP contribution in [0.2, 0.25) is 5.02 Å². The third-order valence-electron chi connectivity index (χ3n) is 4.30. The number of nitrogens with one attached hydrogen (secondary N) is 1. The van der Waals surface area contributed by atoms with Crippen molar-refractivity contribution in [1.82, 2.24) is 0 Å². The number of hydrogen-bond acceptors (Lipinski definition) is 4. The number of halogens is 1. The van der Waals surface area contributed by atoms with Gasteiger partial charge in [0.15, 0.2) is 6.10 Å². The molecule has 0 aliphatic carbocycles. The number of rotatable bonds is 6. The average molecular weight is 398 g/mol. The fraction of sp³-hybridized carbons (Fsp3) is 0.182. The molecule has 6 heteroatoms. The van der Waals surface area contributed by atoms with Crippen molar-refractivity contribution in [3.8, 4) is 5.75 Å². The van der Waals surface area contributed by atoms with E-state index in [4.69, 9.17) is 21.1 Å². The number of carbonyl (C=O) groups is 2. The number of anilines is 1. The molecule has 0 heterocycles. The predicted octanol–water partition coefficient (Wildman–Crippen LogP) is 5.08. The largest absolute Gasteiger partial charge is 0.481 e. The van der Waals surface area contributed by atoms with E-state index in [2.05, 4.69) is 5.32 Å². The Bertz CT molecular complexity index is 1020. The minimum atomic E-state index is -0.682. The van der Waals surface area contributed by atoms with E-state index in [9.17, 15) is 9.59 Å². The van der Waals surface area contributed by atoms with Gasteiger partial charge in [-0.1, -0.05) is 48.9 Å². The Balaban J connectivity index is 1.75. The Hall–Kier alpha value is -3.05. The van der Waals surface area contributed by atoms with E-state index in [1.807, 2.05) is 49.4 Å². The highest BCUT2D eigenvalue weighted by atomic mass is 35.5. The minimum Gasteiger partial charge on any atom is -0.481 e. The number of esters is 1. The Morgan fingerprint density at radius 3 is 2.50 bits per heavy atom. The SMILES string of the molecule is CC[C@@H](Oc1ccc2ccccc2c1)C(=O)Nc1ccc(Cl)c(C(=O)OC)c1. The van der Waals surface area contributed by atoms with Crippen molar-refractivity contribution in [2.75, 3.05) is 12.4 Å². The molecule has 3 aromatic rings. The van der Waals surface area contributed by atoms with E-state index in [-0.39, 0.29) is 16.5 Å². The summed E-state index contributed by atoms with van der Waals surface area (Å²) in [4.78, 5) is 24.4. The summed E-state index contributed by atoms with van der Waals surface area (Å²) < 4.78 is 10.6. The van der Waals surface area contributed by atoms with E-state index >= 15 is 0 Å². The molecule has 0 aliphatic heterocycles. The smallest absolute Gasteiger partial charge is 0.339 e. The molecule has 0 fully saturated rings. The normalized spacial score (nSPS) is 11.7. The number of fused-ring (bicyclic) bond motifs is 1. The van der Waals surface area contributed by atoms with Crippen LogP contribution in [0.25, 0.3) is 10.8 Å². The molecule has 28 heavy (non-hydrogen) atoms. The molecule has 0 aromatic heterocycles. The van der Waals surface area contributed by atoms with Crippen molar-refractivity contribution >= 4 is 39.9 Å². The summed E-state index contributed by atoms with van der Waals surface area (Å²) in [5, 5.41) is 5.16. The third kappa shape index (κ3) is 4.43. The van der Waals surface area contributed by atoms with Crippen LogP contribution in [0.5, 0.6) is 5.75 Å². The van der Waals surface area contributed by atoms with Crippen molar-refractivity contribution in [3.63, 3.8) is 0 Å². The van der Waals surface area contributed by atoms with Gasteiger partial charge in [0, 0.05) is 5.69 Å². The molecule has 3 rings (SSSR count). The summed E-state index contributed by atoms with van der Waals surface area (Å²) >= 11 is 6.01. The molecule has 0 aliphatic rings. The molecule has 3 aromatic carbocycles. The second kappa shape index (κ2) is 8.76. The zero-order valence-electron chi connectivity index (χ0n) is 15.6. The maximum atomic E-state index is 12.7. The summed E-state index contributed by atoms with van der Waals surface area (Å²) in [5.41, 5.74) is 0.626. The Labute approximate surface area is 168 Å². The lowest BCUT2D eigenvalue weighted by Gasteiger charge is -2.18. The van der Waals surface area contributed by atoms with Gasteiger partial charge in [0.1, 0.15) is 5.75 Å². The highest BCUT2D eigenvalue weighted by molar-refractivity contribution is 6.33. The number of benzene rings is 3. The number of methoxy groups -OCH3 is 1. The molecule has 0 unspecified atom stereocenters. The van der Waals surface area contributed by atoms with Crippen molar-refractivity contribution in [2.24, 2.45) is 0 Å².